The topological polar surface area (TPSA) is 161 Å². The average molecular weight is 828 g/mol. The van der Waals surface area contributed by atoms with Crippen molar-refractivity contribution >= 4 is 46.8 Å². The van der Waals surface area contributed by atoms with Gasteiger partial charge < -0.3 is 35.4 Å². The molecule has 3 aromatic carbocycles. The fourth-order valence-electron chi connectivity index (χ4n) is 8.84. The molecule has 14 nitrogen and oxygen atoms in total. The van der Waals surface area contributed by atoms with Gasteiger partial charge in [-0.15, -0.1) is 0 Å². The van der Waals surface area contributed by atoms with Gasteiger partial charge in [0.2, 0.25) is 23.7 Å². The number of aryl methyl sites for hydroxylation is 1. The molecule has 0 aliphatic carbocycles. The number of aromatic nitrogens is 2. The van der Waals surface area contributed by atoms with Gasteiger partial charge in [-0.3, -0.25) is 19.7 Å². The zero-order valence-corrected chi connectivity index (χ0v) is 35.4. The minimum Gasteiger partial charge on any atom is -0.374 e. The molecule has 4 aliphatic heterocycles. The number of carbonyl (C=O) groups is 4. The van der Waals surface area contributed by atoms with Gasteiger partial charge in [0.15, 0.2) is 0 Å². The first-order chi connectivity index (χ1) is 29.5. The number of likely N-dealkylation sites (tertiary alicyclic amines) is 2. The van der Waals surface area contributed by atoms with Gasteiger partial charge in [0.1, 0.15) is 6.04 Å². The first-order valence-electron chi connectivity index (χ1n) is 21.8. The molecule has 4 aromatic rings. The van der Waals surface area contributed by atoms with Crippen LogP contribution < -0.4 is 26.2 Å². The smallest absolute Gasteiger partial charge is 0.317 e. The number of hydrogen-bond donors (Lipinski definition) is 4. The predicted molar refractivity (Wildman–Crippen MR) is 235 cm³/mol. The second kappa shape index (κ2) is 18.7. The van der Waals surface area contributed by atoms with Gasteiger partial charge in [-0.2, -0.15) is 0 Å². The first kappa shape index (κ1) is 41.7. The third-order valence-corrected chi connectivity index (χ3v) is 12.4. The number of carbonyl (C=O) groups excluding carboxylic acids is 4. The van der Waals surface area contributed by atoms with Crippen molar-refractivity contribution in [1.82, 2.24) is 30.4 Å². The summed E-state index contributed by atoms with van der Waals surface area (Å²) in [4.78, 5) is 65.3. The lowest BCUT2D eigenvalue weighted by Gasteiger charge is -2.39. The summed E-state index contributed by atoms with van der Waals surface area (Å²) in [7, 11) is 0. The lowest BCUT2D eigenvalue weighted by Crippen LogP contribution is -2.58. The molecule has 0 saturated carbocycles. The molecule has 8 rings (SSSR count). The number of amides is 5. The molecular formula is C47H57N9O5. The van der Waals surface area contributed by atoms with E-state index in [4.69, 9.17) is 9.72 Å². The maximum Gasteiger partial charge on any atom is 0.317 e. The number of rotatable bonds is 12. The van der Waals surface area contributed by atoms with E-state index in [0.29, 0.717) is 44.3 Å². The minimum atomic E-state index is -0.398. The standard InChI is InChI=1S/C47H57N9O5/c1-30(2)61-40-28-56(29-40)47(60)49-27-36-5-4-35(26-31(36)3)41-16-21-48-46(52-41)51-38-10-12-39(13-11-38)54-22-19-34(20-23-54)45(59)55-24-17-33(18-25-55)32-6-8-37(9-7-32)50-42-14-15-43(57)53-44(42)58/h4-13,16,21,26,30,33-34,40,42,50H,14-15,17-20,22-25,27-29H2,1-3H3,(H,49,60)(H,48,51,52)(H,53,57,58). The van der Waals surface area contributed by atoms with E-state index >= 15 is 0 Å². The van der Waals surface area contributed by atoms with Crippen molar-refractivity contribution in [3.63, 3.8) is 0 Å². The van der Waals surface area contributed by atoms with Crippen molar-refractivity contribution in [2.24, 2.45) is 5.92 Å². The Kier molecular flexibility index (Phi) is 12.8. The Balaban J connectivity index is 0.765. The molecule has 1 aromatic heterocycles. The van der Waals surface area contributed by atoms with Crippen LogP contribution in [0.1, 0.15) is 75.0 Å². The molecule has 5 heterocycles. The fraction of sp³-hybridized carbons (Fsp3) is 0.447. The number of imide groups is 1. The monoisotopic (exact) mass is 827 g/mol. The van der Waals surface area contributed by atoms with Crippen molar-refractivity contribution in [3.05, 3.63) is 95.7 Å². The highest BCUT2D eigenvalue weighted by Crippen LogP contribution is 2.32. The highest BCUT2D eigenvalue weighted by Gasteiger charge is 2.33. The molecule has 14 heteroatoms. The van der Waals surface area contributed by atoms with E-state index in [1.165, 1.54) is 5.56 Å². The number of ether oxygens (including phenoxy) is 1. The molecule has 61 heavy (non-hydrogen) atoms. The SMILES string of the molecule is Cc1cc(-c2ccnc(Nc3ccc(N4CCC(C(=O)N5CCC(c6ccc(NC7CCC(=O)NC7=O)cc6)CC5)CC4)cc3)n2)ccc1CNC(=O)N1CC(OC(C)C)C1. The number of anilines is 4. The van der Waals surface area contributed by atoms with Gasteiger partial charge in [0, 0.05) is 73.9 Å². The minimum absolute atomic E-state index is 0.0467. The third-order valence-electron chi connectivity index (χ3n) is 12.4. The van der Waals surface area contributed by atoms with E-state index in [0.717, 1.165) is 91.3 Å². The highest BCUT2D eigenvalue weighted by molar-refractivity contribution is 6.01. The summed E-state index contributed by atoms with van der Waals surface area (Å²) in [6.07, 6.45) is 6.42. The molecule has 4 saturated heterocycles. The maximum atomic E-state index is 13.6. The summed E-state index contributed by atoms with van der Waals surface area (Å²) in [6.45, 7) is 11.0. The Hall–Kier alpha value is -6.02. The first-order valence-corrected chi connectivity index (χ1v) is 21.8. The van der Waals surface area contributed by atoms with Crippen molar-refractivity contribution in [2.75, 3.05) is 54.8 Å². The van der Waals surface area contributed by atoms with E-state index < -0.39 is 6.04 Å². The molecule has 1 unspecified atom stereocenters. The van der Waals surface area contributed by atoms with Crippen molar-refractivity contribution in [2.45, 2.75) is 90.0 Å². The predicted octanol–water partition coefficient (Wildman–Crippen LogP) is 6.35. The Morgan fingerprint density at radius 3 is 2.26 bits per heavy atom. The molecule has 0 bridgehead atoms. The third kappa shape index (κ3) is 10.3. The van der Waals surface area contributed by atoms with Gasteiger partial charge in [-0.25, -0.2) is 14.8 Å². The number of urea groups is 1. The second-order valence-corrected chi connectivity index (χ2v) is 17.1. The van der Waals surface area contributed by atoms with E-state index in [1.807, 2.05) is 63.2 Å². The summed E-state index contributed by atoms with van der Waals surface area (Å²) in [5.74, 6) is 0.746. The lowest BCUT2D eigenvalue weighted by molar-refractivity contribution is -0.137. The van der Waals surface area contributed by atoms with Gasteiger partial charge in [-0.05, 0) is 124 Å². The van der Waals surface area contributed by atoms with Crippen LogP contribution in [0.15, 0.2) is 79.0 Å². The Morgan fingerprint density at radius 2 is 1.57 bits per heavy atom. The van der Waals surface area contributed by atoms with Crippen molar-refractivity contribution in [1.29, 1.82) is 0 Å². The molecule has 5 amide bonds. The number of nitrogens with zero attached hydrogens (tertiary/aromatic N) is 5. The van der Waals surface area contributed by atoms with Crippen LogP contribution in [0.3, 0.4) is 0 Å². The van der Waals surface area contributed by atoms with Crippen LogP contribution >= 0.6 is 0 Å². The molecule has 4 fully saturated rings. The van der Waals surface area contributed by atoms with Crippen LogP contribution in [0.5, 0.6) is 0 Å². The molecule has 0 radical (unpaired) electrons. The summed E-state index contributed by atoms with van der Waals surface area (Å²) < 4.78 is 5.76. The molecule has 0 spiro atoms. The summed E-state index contributed by atoms with van der Waals surface area (Å²) >= 11 is 0. The van der Waals surface area contributed by atoms with Crippen molar-refractivity contribution < 1.29 is 23.9 Å². The summed E-state index contributed by atoms with van der Waals surface area (Å²) in [6, 6.07) is 24.1. The number of nitrogens with one attached hydrogen (secondary N) is 4. The zero-order chi connectivity index (χ0) is 42.5. The van der Waals surface area contributed by atoms with Crippen LogP contribution in [-0.2, 0) is 25.7 Å². The van der Waals surface area contributed by atoms with Crippen LogP contribution in [0.2, 0.25) is 0 Å². The van der Waals surface area contributed by atoms with E-state index in [1.54, 1.807) is 11.1 Å². The highest BCUT2D eigenvalue weighted by atomic mass is 16.5. The Labute approximate surface area is 357 Å². The number of hydrogen-bond acceptors (Lipinski definition) is 10. The normalized spacial score (nSPS) is 19.1. The molecule has 320 valence electrons. The van der Waals surface area contributed by atoms with E-state index in [9.17, 15) is 19.2 Å². The molecule has 4 N–H and O–H groups in total. The maximum absolute atomic E-state index is 13.6. The van der Waals surface area contributed by atoms with Gasteiger partial charge in [0.05, 0.1) is 31.0 Å². The zero-order valence-electron chi connectivity index (χ0n) is 35.4. The number of benzene rings is 3. The largest absolute Gasteiger partial charge is 0.374 e. The quantitative estimate of drug-likeness (QED) is 0.119. The number of piperidine rings is 3. The molecule has 1 atom stereocenters. The van der Waals surface area contributed by atoms with Crippen LogP contribution in [-0.4, -0.2) is 101 Å². The average Bonchev–Trinajstić information content (AvgIpc) is 3.25. The van der Waals surface area contributed by atoms with Crippen LogP contribution in [0.4, 0.5) is 27.8 Å². The van der Waals surface area contributed by atoms with Crippen molar-refractivity contribution in [3.8, 4) is 11.3 Å². The fourth-order valence-corrected chi connectivity index (χ4v) is 8.84. The van der Waals surface area contributed by atoms with Gasteiger partial charge >= 0.3 is 6.03 Å². The van der Waals surface area contributed by atoms with Gasteiger partial charge in [-0.1, -0.05) is 24.3 Å². The van der Waals surface area contributed by atoms with Crippen LogP contribution in [0.25, 0.3) is 11.3 Å². The Morgan fingerprint density at radius 1 is 0.852 bits per heavy atom. The lowest BCUT2D eigenvalue weighted by atomic mass is 9.88. The van der Waals surface area contributed by atoms with Gasteiger partial charge in [0.25, 0.3) is 0 Å². The van der Waals surface area contributed by atoms with E-state index in [2.05, 4.69) is 66.4 Å². The summed E-state index contributed by atoms with van der Waals surface area (Å²) in [5, 5.41) is 12.0. The Bertz CT molecular complexity index is 2190. The molecular weight excluding hydrogens is 771 g/mol. The second-order valence-electron chi connectivity index (χ2n) is 17.1. The molecule has 4 aliphatic rings. The van der Waals surface area contributed by atoms with E-state index in [-0.39, 0.29) is 41.9 Å². The van der Waals surface area contributed by atoms with Crippen LogP contribution in [0, 0.1) is 12.8 Å². The summed E-state index contributed by atoms with van der Waals surface area (Å²) in [5.41, 5.74) is 8.04.